The maximum atomic E-state index is 2.21. The molecular formula is C18H52. The zero-order valence-corrected chi connectivity index (χ0v) is 12.4. The molecule has 0 aliphatic rings. The van der Waals surface area contributed by atoms with Gasteiger partial charge in [-0.05, 0) is 5.92 Å². The molecular weight excluding hydrogens is 216 g/mol. The Morgan fingerprint density at radius 3 is 0.722 bits per heavy atom. The molecule has 0 N–H and O–H groups in total. The molecule has 0 amide bonds. The van der Waals surface area contributed by atoms with Gasteiger partial charge in [-0.2, -0.15) is 0 Å². The number of rotatable bonds is 2. The quantitative estimate of drug-likeness (QED) is 0.469. The highest BCUT2D eigenvalue weighted by Gasteiger charge is 1.68. The minimum atomic E-state index is 0. The summed E-state index contributed by atoms with van der Waals surface area (Å²) in [7, 11) is 0. The average Bonchev–Trinajstić information content (AvgIpc) is 2.09. The van der Waals surface area contributed by atoms with Crippen LogP contribution in [0.1, 0.15) is 118 Å². The lowest BCUT2D eigenvalue weighted by Gasteiger charge is -1.79. The molecule has 0 fully saturated rings. The van der Waals surface area contributed by atoms with E-state index in [-0.39, 0.29) is 29.7 Å². The molecule has 124 valence electrons. The van der Waals surface area contributed by atoms with Crippen LogP contribution in [0.25, 0.3) is 0 Å². The van der Waals surface area contributed by atoms with Gasteiger partial charge in [0.15, 0.2) is 0 Å². The summed E-state index contributed by atoms with van der Waals surface area (Å²) < 4.78 is 0. The monoisotopic (exact) mass is 268 g/mol. The minimum Gasteiger partial charge on any atom is -0.0776 e. The largest absolute Gasteiger partial charge is 0.0776 e. The molecule has 0 aliphatic carbocycles. The van der Waals surface area contributed by atoms with Gasteiger partial charge in [-0.25, -0.2) is 0 Å². The van der Waals surface area contributed by atoms with Gasteiger partial charge in [0.05, 0.1) is 0 Å². The topological polar surface area (TPSA) is 0 Å². The molecule has 0 aromatic heterocycles. The predicted molar refractivity (Wildman–Crippen MR) is 99.9 cm³/mol. The third kappa shape index (κ3) is 900. The maximum absolute atomic E-state index is 2.21. The molecule has 0 nitrogen and oxygen atoms in total. The molecule has 0 rings (SSSR count). The molecule has 18 heavy (non-hydrogen) atoms. The summed E-state index contributed by atoms with van der Waals surface area (Å²) in [5.74, 6) is 0.833. The van der Waals surface area contributed by atoms with Crippen LogP contribution in [0.3, 0.4) is 0 Å². The van der Waals surface area contributed by atoms with Crippen molar-refractivity contribution in [1.82, 2.24) is 0 Å². The molecule has 0 bridgehead atoms. The van der Waals surface area contributed by atoms with Crippen LogP contribution in [0.4, 0.5) is 0 Å². The Hall–Kier alpha value is 0. The fourth-order valence-electron chi connectivity index (χ4n) is 0.354. The van der Waals surface area contributed by atoms with E-state index in [0.717, 1.165) is 5.92 Å². The Balaban J connectivity index is -0.0000000120. The lowest BCUT2D eigenvalue weighted by Crippen LogP contribution is -1.66. The van der Waals surface area contributed by atoms with Crippen LogP contribution in [0.2, 0.25) is 0 Å². The van der Waals surface area contributed by atoms with Crippen LogP contribution < -0.4 is 0 Å². The first-order chi connectivity index (χ1) is 6.56. The van der Waals surface area contributed by atoms with Gasteiger partial charge in [-0.15, -0.1) is 0 Å². The molecule has 0 spiro atoms. The van der Waals surface area contributed by atoms with Gasteiger partial charge in [0.1, 0.15) is 0 Å². The Kier molecular flexibility index (Phi) is 257. The Morgan fingerprint density at radius 1 is 0.611 bits per heavy atom. The van der Waals surface area contributed by atoms with Crippen molar-refractivity contribution in [3.05, 3.63) is 0 Å². The van der Waals surface area contributed by atoms with Gasteiger partial charge in [-0.3, -0.25) is 0 Å². The van der Waals surface area contributed by atoms with E-state index in [1.807, 2.05) is 13.8 Å². The lowest BCUT2D eigenvalue weighted by atomic mass is 10.3. The summed E-state index contributed by atoms with van der Waals surface area (Å²) in [6.07, 6.45) is 5.33. The number of unbranched alkanes of at least 4 members (excludes halogenated alkanes) is 2. The van der Waals surface area contributed by atoms with E-state index in [9.17, 15) is 0 Å². The second-order valence-corrected chi connectivity index (χ2v) is 3.79. The van der Waals surface area contributed by atoms with Crippen molar-refractivity contribution in [3.63, 3.8) is 0 Å². The highest BCUT2D eigenvalue weighted by atomic mass is 13.7. The summed E-state index contributed by atoms with van der Waals surface area (Å²) in [6, 6.07) is 0. The summed E-state index contributed by atoms with van der Waals surface area (Å²) in [6.45, 7) is 19.2. The molecule has 0 unspecified atom stereocenters. The zero-order chi connectivity index (χ0) is 12.4. The average molecular weight is 269 g/mol. The number of hydrogen-bond acceptors (Lipinski definition) is 0. The third-order valence-corrected chi connectivity index (χ3v) is 0.707. The van der Waals surface area contributed by atoms with Crippen molar-refractivity contribution in [2.24, 2.45) is 5.92 Å². The van der Waals surface area contributed by atoms with Gasteiger partial charge in [0.2, 0.25) is 0 Å². The van der Waals surface area contributed by atoms with Crippen LogP contribution in [0, 0.1) is 5.92 Å². The van der Waals surface area contributed by atoms with Crippen LogP contribution in [0.5, 0.6) is 0 Å². The van der Waals surface area contributed by atoms with Crippen molar-refractivity contribution in [1.29, 1.82) is 0 Å². The third-order valence-electron chi connectivity index (χ3n) is 0.707. The Bertz CT molecular complexity index is 32.5. The standard InChI is InChI=1S/C5H12.C4H10.C3H8.C2H6.4CH4/c1-3-5-4-2;1-4(2)3;1-3-2;1-2;;;;/h3-5H2,1-2H3;4H,1-3H3;3H2,1-2H3;1-2H3;4*1H4. The van der Waals surface area contributed by atoms with E-state index in [0.29, 0.717) is 0 Å². The van der Waals surface area contributed by atoms with E-state index >= 15 is 0 Å². The van der Waals surface area contributed by atoms with Gasteiger partial charge in [0.25, 0.3) is 0 Å². The summed E-state index contributed by atoms with van der Waals surface area (Å²) in [4.78, 5) is 0. The van der Waals surface area contributed by atoms with Crippen LogP contribution in [-0.2, 0) is 0 Å². The SMILES string of the molecule is C.C.C.C.CC.CC(C)C.CCC.CCCCC. The fraction of sp³-hybridized carbons (Fsp3) is 1.00. The maximum Gasteiger partial charge on any atom is -0.0500 e. The van der Waals surface area contributed by atoms with Crippen molar-refractivity contribution in [2.75, 3.05) is 0 Å². The van der Waals surface area contributed by atoms with Gasteiger partial charge < -0.3 is 0 Å². The lowest BCUT2D eigenvalue weighted by molar-refractivity contribution is 0.737. The molecule has 0 aliphatic heterocycles. The first kappa shape index (κ1) is 52.0. The highest BCUT2D eigenvalue weighted by Crippen LogP contribution is 1.88. The van der Waals surface area contributed by atoms with E-state index in [2.05, 4.69) is 48.5 Å². The summed E-state index contributed by atoms with van der Waals surface area (Å²) >= 11 is 0. The van der Waals surface area contributed by atoms with Gasteiger partial charge in [-0.1, -0.05) is 118 Å². The normalized spacial score (nSPS) is 5.67. The second-order valence-electron chi connectivity index (χ2n) is 3.79. The van der Waals surface area contributed by atoms with Crippen LogP contribution in [-0.4, -0.2) is 0 Å². The number of hydrogen-bond donors (Lipinski definition) is 0. The second kappa shape index (κ2) is 88.8. The zero-order valence-electron chi connectivity index (χ0n) is 12.4. The van der Waals surface area contributed by atoms with E-state index < -0.39 is 0 Å². The molecule has 0 heteroatoms. The molecule has 0 aromatic carbocycles. The van der Waals surface area contributed by atoms with Crippen molar-refractivity contribution < 1.29 is 0 Å². The van der Waals surface area contributed by atoms with E-state index in [1.54, 1.807) is 0 Å². The fourth-order valence-corrected chi connectivity index (χ4v) is 0.354. The van der Waals surface area contributed by atoms with E-state index in [1.165, 1.54) is 25.7 Å². The first-order valence-corrected chi connectivity index (χ1v) is 6.56. The molecule has 0 atom stereocenters. The minimum absolute atomic E-state index is 0. The first-order valence-electron chi connectivity index (χ1n) is 6.56. The van der Waals surface area contributed by atoms with Crippen LogP contribution >= 0.6 is 0 Å². The van der Waals surface area contributed by atoms with Crippen molar-refractivity contribution >= 4 is 0 Å². The summed E-state index contributed by atoms with van der Waals surface area (Å²) in [5.41, 5.74) is 0. The summed E-state index contributed by atoms with van der Waals surface area (Å²) in [5, 5.41) is 0. The molecule has 0 heterocycles. The van der Waals surface area contributed by atoms with E-state index in [4.69, 9.17) is 0 Å². The Morgan fingerprint density at radius 2 is 0.722 bits per heavy atom. The van der Waals surface area contributed by atoms with Crippen molar-refractivity contribution in [3.8, 4) is 0 Å². The van der Waals surface area contributed by atoms with Gasteiger partial charge in [0, 0.05) is 0 Å². The highest BCUT2D eigenvalue weighted by molar-refractivity contribution is 4.24. The smallest absolute Gasteiger partial charge is 0.0500 e. The molecule has 0 saturated heterocycles. The molecule has 0 radical (unpaired) electrons. The predicted octanol–water partition coefficient (Wildman–Crippen LogP) is 8.85. The Labute approximate surface area is 124 Å². The molecule has 0 aromatic rings. The molecule has 0 saturated carbocycles. The van der Waals surface area contributed by atoms with Crippen LogP contribution in [0.15, 0.2) is 0 Å². The van der Waals surface area contributed by atoms with Crippen molar-refractivity contribution in [2.45, 2.75) is 118 Å². The van der Waals surface area contributed by atoms with Gasteiger partial charge >= 0.3 is 0 Å².